The van der Waals surface area contributed by atoms with Crippen molar-refractivity contribution in [1.82, 2.24) is 19.1 Å². The standard InChI is InChI=1S/C52H32N4O/c1-4-15-33(16-5-1)50-49-42-32-35(34-27-29-44-41(31-34)38-21-10-12-24-43(38)55(44)36-17-6-2-7-18-36)28-30-45(42)56(37-19-8-3-9-20-37)52(49)54-51(53-50)40-23-14-26-47-48(40)39-22-11-13-25-46(39)57-47/h1-32H. The first-order valence-electron chi connectivity index (χ1n) is 19.3. The first-order valence-corrected chi connectivity index (χ1v) is 19.3. The summed E-state index contributed by atoms with van der Waals surface area (Å²) in [7, 11) is 0. The highest BCUT2D eigenvalue weighted by Gasteiger charge is 2.23. The van der Waals surface area contributed by atoms with E-state index in [1.54, 1.807) is 0 Å². The molecule has 0 aliphatic rings. The van der Waals surface area contributed by atoms with Gasteiger partial charge in [-0.15, -0.1) is 0 Å². The highest BCUT2D eigenvalue weighted by Crippen LogP contribution is 2.43. The molecule has 0 aliphatic carbocycles. The molecule has 5 nitrogen and oxygen atoms in total. The number of nitrogens with zero attached hydrogens (tertiary/aromatic N) is 4. The van der Waals surface area contributed by atoms with Gasteiger partial charge in [0.15, 0.2) is 5.82 Å². The van der Waals surface area contributed by atoms with Crippen LogP contribution in [0.1, 0.15) is 0 Å². The first-order chi connectivity index (χ1) is 28.3. The minimum atomic E-state index is 0.652. The molecular formula is C52H32N4O. The summed E-state index contributed by atoms with van der Waals surface area (Å²) < 4.78 is 11.0. The van der Waals surface area contributed by atoms with Crippen LogP contribution < -0.4 is 0 Å². The number of benzene rings is 8. The lowest BCUT2D eigenvalue weighted by Gasteiger charge is -2.11. The molecule has 0 bridgehead atoms. The number of aromatic nitrogens is 4. The minimum Gasteiger partial charge on any atom is -0.456 e. The third-order valence-corrected chi connectivity index (χ3v) is 11.3. The Kier molecular flexibility index (Phi) is 6.86. The van der Waals surface area contributed by atoms with Gasteiger partial charge < -0.3 is 8.98 Å². The van der Waals surface area contributed by atoms with Crippen molar-refractivity contribution in [2.45, 2.75) is 0 Å². The number of hydrogen-bond acceptors (Lipinski definition) is 3. The fourth-order valence-electron chi connectivity index (χ4n) is 8.82. The van der Waals surface area contributed by atoms with Crippen molar-refractivity contribution in [3.63, 3.8) is 0 Å². The van der Waals surface area contributed by atoms with Gasteiger partial charge in [-0.2, -0.15) is 0 Å². The molecule has 0 saturated carbocycles. The van der Waals surface area contributed by atoms with Crippen LogP contribution in [0.2, 0.25) is 0 Å². The van der Waals surface area contributed by atoms with E-state index in [1.165, 1.54) is 21.8 Å². The van der Waals surface area contributed by atoms with E-state index in [9.17, 15) is 0 Å². The molecule has 0 spiro atoms. The Morgan fingerprint density at radius 3 is 1.70 bits per heavy atom. The van der Waals surface area contributed by atoms with Gasteiger partial charge in [0.25, 0.3) is 0 Å². The lowest BCUT2D eigenvalue weighted by Crippen LogP contribution is -1.99. The van der Waals surface area contributed by atoms with Gasteiger partial charge >= 0.3 is 0 Å². The normalized spacial score (nSPS) is 11.9. The van der Waals surface area contributed by atoms with Gasteiger partial charge in [0.1, 0.15) is 16.8 Å². The molecule has 0 atom stereocenters. The predicted octanol–water partition coefficient (Wildman–Crippen LogP) is 13.6. The van der Waals surface area contributed by atoms with E-state index < -0.39 is 0 Å². The SMILES string of the molecule is c1ccc(-c2nc(-c3cccc4oc5ccccc5c34)nc3c2c2cc(-c4ccc5c(c4)c4ccccc4n5-c4ccccc4)ccc2n3-c2ccccc2)cc1. The van der Waals surface area contributed by atoms with Crippen LogP contribution in [0.3, 0.4) is 0 Å². The molecule has 266 valence electrons. The molecular weight excluding hydrogens is 697 g/mol. The Hall–Kier alpha value is -7.76. The highest BCUT2D eigenvalue weighted by molar-refractivity contribution is 6.17. The second kappa shape index (κ2) is 12.4. The smallest absolute Gasteiger partial charge is 0.162 e. The van der Waals surface area contributed by atoms with E-state index in [1.807, 2.05) is 24.3 Å². The van der Waals surface area contributed by atoms with Crippen LogP contribution in [0, 0.1) is 0 Å². The lowest BCUT2D eigenvalue weighted by atomic mass is 9.99. The van der Waals surface area contributed by atoms with Crippen molar-refractivity contribution in [1.29, 1.82) is 0 Å². The zero-order valence-electron chi connectivity index (χ0n) is 30.7. The fourth-order valence-corrected chi connectivity index (χ4v) is 8.82. The van der Waals surface area contributed by atoms with Crippen LogP contribution in [0.4, 0.5) is 0 Å². The molecule has 0 unspecified atom stereocenters. The summed E-state index contributed by atoms with van der Waals surface area (Å²) in [6.07, 6.45) is 0. The third kappa shape index (κ3) is 4.82. The Morgan fingerprint density at radius 1 is 0.368 bits per heavy atom. The number of para-hydroxylation sites is 4. The molecule has 12 aromatic rings. The quantitative estimate of drug-likeness (QED) is 0.177. The van der Waals surface area contributed by atoms with E-state index in [2.05, 4.69) is 179 Å². The molecule has 57 heavy (non-hydrogen) atoms. The largest absolute Gasteiger partial charge is 0.456 e. The van der Waals surface area contributed by atoms with E-state index >= 15 is 0 Å². The highest BCUT2D eigenvalue weighted by atomic mass is 16.3. The number of furan rings is 1. The maximum absolute atomic E-state index is 6.33. The van der Waals surface area contributed by atoms with Crippen molar-refractivity contribution >= 4 is 65.7 Å². The average molecular weight is 729 g/mol. The maximum atomic E-state index is 6.33. The second-order valence-corrected chi connectivity index (χ2v) is 14.6. The molecule has 0 aliphatic heterocycles. The topological polar surface area (TPSA) is 48.8 Å². The fraction of sp³-hybridized carbons (Fsp3) is 0. The summed E-state index contributed by atoms with van der Waals surface area (Å²) in [4.78, 5) is 11.0. The predicted molar refractivity (Wildman–Crippen MR) is 234 cm³/mol. The van der Waals surface area contributed by atoms with Crippen LogP contribution in [-0.4, -0.2) is 19.1 Å². The summed E-state index contributed by atoms with van der Waals surface area (Å²) in [5.41, 5.74) is 13.3. The number of rotatable bonds is 5. The summed E-state index contributed by atoms with van der Waals surface area (Å²) >= 11 is 0. The zero-order chi connectivity index (χ0) is 37.5. The van der Waals surface area contributed by atoms with E-state index in [0.29, 0.717) is 5.82 Å². The lowest BCUT2D eigenvalue weighted by molar-refractivity contribution is 0.669. The molecule has 4 heterocycles. The molecule has 5 heteroatoms. The van der Waals surface area contributed by atoms with Gasteiger partial charge in [-0.3, -0.25) is 4.57 Å². The first kappa shape index (κ1) is 31.6. The van der Waals surface area contributed by atoms with Crippen molar-refractivity contribution in [2.24, 2.45) is 0 Å². The Balaban J connectivity index is 1.15. The summed E-state index contributed by atoms with van der Waals surface area (Å²) in [5.74, 6) is 0.652. The van der Waals surface area contributed by atoms with Crippen molar-refractivity contribution in [3.8, 4) is 45.1 Å². The van der Waals surface area contributed by atoms with Gasteiger partial charge in [-0.05, 0) is 77.9 Å². The van der Waals surface area contributed by atoms with E-state index in [4.69, 9.17) is 14.4 Å². The number of fused-ring (bicyclic) bond motifs is 9. The third-order valence-electron chi connectivity index (χ3n) is 11.3. The van der Waals surface area contributed by atoms with Crippen LogP contribution >= 0.6 is 0 Å². The Morgan fingerprint density at radius 2 is 0.947 bits per heavy atom. The average Bonchev–Trinajstić information content (AvgIpc) is 3.94. The van der Waals surface area contributed by atoms with Crippen LogP contribution in [0.5, 0.6) is 0 Å². The van der Waals surface area contributed by atoms with Crippen LogP contribution in [0.25, 0.3) is 111 Å². The molecule has 0 saturated heterocycles. The monoisotopic (exact) mass is 728 g/mol. The summed E-state index contributed by atoms with van der Waals surface area (Å²) in [5, 5.41) is 6.61. The van der Waals surface area contributed by atoms with Gasteiger partial charge in [0, 0.05) is 49.4 Å². The molecule has 8 aromatic carbocycles. The summed E-state index contributed by atoms with van der Waals surface area (Å²) in [6.45, 7) is 0. The minimum absolute atomic E-state index is 0.652. The molecule has 4 aromatic heterocycles. The van der Waals surface area contributed by atoms with Crippen LogP contribution in [0.15, 0.2) is 199 Å². The van der Waals surface area contributed by atoms with Gasteiger partial charge in [-0.25, -0.2) is 9.97 Å². The second-order valence-electron chi connectivity index (χ2n) is 14.6. The van der Waals surface area contributed by atoms with Gasteiger partial charge in [0.2, 0.25) is 0 Å². The summed E-state index contributed by atoms with van der Waals surface area (Å²) in [6, 6.07) is 68.3. The molecule has 0 amide bonds. The van der Waals surface area contributed by atoms with E-state index in [-0.39, 0.29) is 0 Å². The zero-order valence-corrected chi connectivity index (χ0v) is 30.7. The van der Waals surface area contributed by atoms with Gasteiger partial charge in [0.05, 0.1) is 27.6 Å². The number of hydrogen-bond donors (Lipinski definition) is 0. The van der Waals surface area contributed by atoms with Gasteiger partial charge in [-0.1, -0.05) is 127 Å². The molecule has 0 fully saturated rings. The molecule has 12 rings (SSSR count). The van der Waals surface area contributed by atoms with Crippen molar-refractivity contribution in [2.75, 3.05) is 0 Å². The van der Waals surface area contributed by atoms with Crippen molar-refractivity contribution < 1.29 is 4.42 Å². The van der Waals surface area contributed by atoms with E-state index in [0.717, 1.165) is 83.2 Å². The van der Waals surface area contributed by atoms with Crippen LogP contribution in [-0.2, 0) is 0 Å². The molecule has 0 radical (unpaired) electrons. The molecule has 0 N–H and O–H groups in total. The maximum Gasteiger partial charge on any atom is 0.162 e. The Bertz CT molecular complexity index is 3510. The Labute approximate surface area is 327 Å². The van der Waals surface area contributed by atoms with Crippen molar-refractivity contribution in [3.05, 3.63) is 194 Å².